The van der Waals surface area contributed by atoms with Gasteiger partial charge in [0.2, 0.25) is 0 Å². The molecule has 1 atom stereocenters. The molecule has 1 aliphatic rings. The Morgan fingerprint density at radius 3 is 2.89 bits per heavy atom. The van der Waals surface area contributed by atoms with Crippen LogP contribution in [0.25, 0.3) is 0 Å². The van der Waals surface area contributed by atoms with Gasteiger partial charge in [-0.1, -0.05) is 26.7 Å². The zero-order chi connectivity index (χ0) is 13.5. The van der Waals surface area contributed by atoms with Crippen molar-refractivity contribution in [3.05, 3.63) is 18.0 Å². The molecule has 1 aromatic heterocycles. The Balaban J connectivity index is 1.95. The van der Waals surface area contributed by atoms with Gasteiger partial charge in [0.05, 0.1) is 11.7 Å². The lowest BCUT2D eigenvalue weighted by atomic mass is 10.2. The topological polar surface area (TPSA) is 29.9 Å². The molecule has 1 aromatic rings. The van der Waals surface area contributed by atoms with Crippen molar-refractivity contribution in [2.75, 3.05) is 12.3 Å². The van der Waals surface area contributed by atoms with Gasteiger partial charge in [0, 0.05) is 23.7 Å². The molecule has 1 fully saturated rings. The standard InChI is InChI=1S/C15H27N3S/c1-3-11-18-15(9-10-17-18)14(16-4-2)12-19-13-7-5-6-8-13/h9-10,13-14,16H,3-8,11-12H2,1-2H3. The molecular weight excluding hydrogens is 254 g/mol. The van der Waals surface area contributed by atoms with Crippen molar-refractivity contribution in [3.8, 4) is 0 Å². The third kappa shape index (κ3) is 4.25. The molecule has 1 aliphatic carbocycles. The molecule has 0 saturated heterocycles. The number of nitrogens with zero attached hydrogens (tertiary/aromatic N) is 2. The van der Waals surface area contributed by atoms with Crippen LogP contribution in [0.1, 0.15) is 57.7 Å². The Bertz CT molecular complexity index is 358. The molecule has 4 heteroatoms. The van der Waals surface area contributed by atoms with E-state index in [9.17, 15) is 0 Å². The molecule has 1 unspecified atom stereocenters. The molecule has 0 spiro atoms. The van der Waals surface area contributed by atoms with E-state index in [2.05, 4.69) is 46.8 Å². The number of aryl methyl sites for hydroxylation is 1. The monoisotopic (exact) mass is 281 g/mol. The first-order valence-electron chi connectivity index (χ1n) is 7.71. The highest BCUT2D eigenvalue weighted by atomic mass is 32.2. The molecule has 0 bridgehead atoms. The summed E-state index contributed by atoms with van der Waals surface area (Å²) in [4.78, 5) is 0. The minimum atomic E-state index is 0.449. The van der Waals surface area contributed by atoms with E-state index in [4.69, 9.17) is 0 Å². The SMILES string of the molecule is CCCn1nccc1C(CSC1CCCC1)NCC. The van der Waals surface area contributed by atoms with Crippen LogP contribution in [0.4, 0.5) is 0 Å². The van der Waals surface area contributed by atoms with Gasteiger partial charge in [-0.3, -0.25) is 4.68 Å². The fourth-order valence-corrected chi connectivity index (χ4v) is 4.24. The van der Waals surface area contributed by atoms with Gasteiger partial charge >= 0.3 is 0 Å². The maximum atomic E-state index is 4.46. The molecule has 19 heavy (non-hydrogen) atoms. The quantitative estimate of drug-likeness (QED) is 0.789. The maximum Gasteiger partial charge on any atom is 0.0583 e. The van der Waals surface area contributed by atoms with E-state index in [-0.39, 0.29) is 0 Å². The Morgan fingerprint density at radius 1 is 1.42 bits per heavy atom. The van der Waals surface area contributed by atoms with Gasteiger partial charge < -0.3 is 5.32 Å². The lowest BCUT2D eigenvalue weighted by molar-refractivity contribution is 0.508. The summed E-state index contributed by atoms with van der Waals surface area (Å²) >= 11 is 2.15. The molecule has 1 N–H and O–H groups in total. The van der Waals surface area contributed by atoms with Crippen LogP contribution in [-0.2, 0) is 6.54 Å². The van der Waals surface area contributed by atoms with Gasteiger partial charge in [-0.25, -0.2) is 0 Å². The van der Waals surface area contributed by atoms with Crippen molar-refractivity contribution in [2.45, 2.75) is 63.8 Å². The summed E-state index contributed by atoms with van der Waals surface area (Å²) in [6, 6.07) is 2.63. The number of hydrogen-bond acceptors (Lipinski definition) is 3. The second-order valence-electron chi connectivity index (χ2n) is 5.33. The van der Waals surface area contributed by atoms with E-state index in [1.165, 1.54) is 37.1 Å². The maximum absolute atomic E-state index is 4.46. The molecule has 0 radical (unpaired) electrons. The van der Waals surface area contributed by atoms with Crippen molar-refractivity contribution in [3.63, 3.8) is 0 Å². The summed E-state index contributed by atoms with van der Waals surface area (Å²) in [7, 11) is 0. The first-order chi connectivity index (χ1) is 9.35. The van der Waals surface area contributed by atoms with Crippen LogP contribution in [0, 0.1) is 0 Å². The van der Waals surface area contributed by atoms with Crippen LogP contribution in [0.2, 0.25) is 0 Å². The van der Waals surface area contributed by atoms with Crippen LogP contribution in [-0.4, -0.2) is 27.3 Å². The van der Waals surface area contributed by atoms with E-state index >= 15 is 0 Å². The smallest absolute Gasteiger partial charge is 0.0583 e. The van der Waals surface area contributed by atoms with Gasteiger partial charge in [-0.05, 0) is 31.9 Å². The number of aromatic nitrogens is 2. The van der Waals surface area contributed by atoms with Crippen LogP contribution >= 0.6 is 11.8 Å². The number of rotatable bonds is 8. The van der Waals surface area contributed by atoms with Crippen LogP contribution in [0.3, 0.4) is 0 Å². The summed E-state index contributed by atoms with van der Waals surface area (Å²) in [6.45, 7) is 6.44. The first-order valence-corrected chi connectivity index (χ1v) is 8.76. The molecule has 3 nitrogen and oxygen atoms in total. The molecular formula is C15H27N3S. The summed E-state index contributed by atoms with van der Waals surface area (Å²) in [5, 5.41) is 8.97. The van der Waals surface area contributed by atoms with E-state index in [1.807, 2.05) is 6.20 Å². The van der Waals surface area contributed by atoms with Gasteiger partial charge in [0.15, 0.2) is 0 Å². The Kier molecular flexibility index (Phi) is 6.24. The van der Waals surface area contributed by atoms with Crippen molar-refractivity contribution in [2.24, 2.45) is 0 Å². The molecule has 0 amide bonds. The van der Waals surface area contributed by atoms with Crippen LogP contribution < -0.4 is 5.32 Å². The fraction of sp³-hybridized carbons (Fsp3) is 0.800. The zero-order valence-electron chi connectivity index (χ0n) is 12.3. The predicted octanol–water partition coefficient (Wildman–Crippen LogP) is 3.62. The van der Waals surface area contributed by atoms with Crippen molar-refractivity contribution in [1.29, 1.82) is 0 Å². The summed E-state index contributed by atoms with van der Waals surface area (Å²) in [5.41, 5.74) is 1.36. The van der Waals surface area contributed by atoms with Gasteiger partial charge in [-0.2, -0.15) is 16.9 Å². The second-order valence-corrected chi connectivity index (χ2v) is 6.66. The normalized spacial score (nSPS) is 18.0. The average Bonchev–Trinajstić information content (AvgIpc) is 3.06. The molecule has 1 heterocycles. The number of hydrogen-bond donors (Lipinski definition) is 1. The van der Waals surface area contributed by atoms with E-state index in [1.54, 1.807) is 0 Å². The molecule has 0 aromatic carbocycles. The lowest BCUT2D eigenvalue weighted by Crippen LogP contribution is -2.26. The third-order valence-electron chi connectivity index (χ3n) is 3.79. The summed E-state index contributed by atoms with van der Waals surface area (Å²) in [6.07, 6.45) is 8.77. The zero-order valence-corrected chi connectivity index (χ0v) is 13.1. The van der Waals surface area contributed by atoms with Gasteiger partial charge in [0.25, 0.3) is 0 Å². The summed E-state index contributed by atoms with van der Waals surface area (Å²) in [5.74, 6) is 1.17. The van der Waals surface area contributed by atoms with E-state index in [0.717, 1.165) is 24.8 Å². The van der Waals surface area contributed by atoms with Gasteiger partial charge in [-0.15, -0.1) is 0 Å². The molecule has 2 rings (SSSR count). The number of nitrogens with one attached hydrogen (secondary N) is 1. The Hall–Kier alpha value is -0.480. The Labute approximate surface area is 121 Å². The average molecular weight is 281 g/mol. The van der Waals surface area contributed by atoms with E-state index in [0.29, 0.717) is 6.04 Å². The highest BCUT2D eigenvalue weighted by Crippen LogP contribution is 2.32. The predicted molar refractivity (Wildman–Crippen MR) is 83.6 cm³/mol. The fourth-order valence-electron chi connectivity index (χ4n) is 2.82. The molecule has 0 aliphatic heterocycles. The molecule has 108 valence electrons. The van der Waals surface area contributed by atoms with Crippen LogP contribution in [0.5, 0.6) is 0 Å². The van der Waals surface area contributed by atoms with Crippen molar-refractivity contribution < 1.29 is 0 Å². The highest BCUT2D eigenvalue weighted by Gasteiger charge is 2.20. The largest absolute Gasteiger partial charge is 0.308 e. The second kappa shape index (κ2) is 7.95. The van der Waals surface area contributed by atoms with E-state index < -0.39 is 0 Å². The minimum Gasteiger partial charge on any atom is -0.308 e. The Morgan fingerprint density at radius 2 is 2.21 bits per heavy atom. The minimum absolute atomic E-state index is 0.449. The third-order valence-corrected chi connectivity index (χ3v) is 5.26. The molecule has 1 saturated carbocycles. The van der Waals surface area contributed by atoms with Crippen molar-refractivity contribution in [1.82, 2.24) is 15.1 Å². The number of thioether (sulfide) groups is 1. The van der Waals surface area contributed by atoms with Gasteiger partial charge in [0.1, 0.15) is 0 Å². The lowest BCUT2D eigenvalue weighted by Gasteiger charge is -2.20. The van der Waals surface area contributed by atoms with Crippen molar-refractivity contribution >= 4 is 11.8 Å². The summed E-state index contributed by atoms with van der Waals surface area (Å²) < 4.78 is 2.17. The highest BCUT2D eigenvalue weighted by molar-refractivity contribution is 7.99. The first kappa shape index (κ1) is 14.9. The van der Waals surface area contributed by atoms with Crippen LogP contribution in [0.15, 0.2) is 12.3 Å².